The van der Waals surface area contributed by atoms with E-state index in [4.69, 9.17) is 30.2 Å². The van der Waals surface area contributed by atoms with Gasteiger partial charge in [0.1, 0.15) is 62.3 Å². The minimum atomic E-state index is -4.46. The van der Waals surface area contributed by atoms with Crippen molar-refractivity contribution in [3.8, 4) is 0 Å². The molecule has 0 aromatic rings. The molecule has 36 heavy (non-hydrogen) atoms. The Hall–Kier alpha value is -1.70. The number of carbonyl (C=O) groups is 2. The van der Waals surface area contributed by atoms with Crippen LogP contribution in [0.5, 0.6) is 0 Å². The highest BCUT2D eigenvalue weighted by atomic mass is 32.3. The minimum Gasteiger partial charge on any atom is -0.444 e. The lowest BCUT2D eigenvalue weighted by Crippen LogP contribution is -2.68. The van der Waals surface area contributed by atoms with Crippen LogP contribution in [0.2, 0.25) is 0 Å². The number of hydrogen-bond acceptors (Lipinski definition) is 10. The number of ether oxygens (including phenoxy) is 2. The van der Waals surface area contributed by atoms with Gasteiger partial charge in [-0.25, -0.2) is 4.79 Å². The number of hydrogen-bond donors (Lipinski definition) is 6. The fraction of sp³-hybridized carbons (Fsp3) is 0.842. The number of hydroxylamine groups is 3. The summed E-state index contributed by atoms with van der Waals surface area (Å²) in [4.78, 5) is 23.3. The van der Waals surface area contributed by atoms with Gasteiger partial charge in [-0.05, 0) is 33.0 Å². The van der Waals surface area contributed by atoms with Gasteiger partial charge in [0.25, 0.3) is 0 Å². The number of nitrogens with zero attached hydrogens (tertiary/aromatic N) is 1. The van der Waals surface area contributed by atoms with E-state index in [-0.39, 0.29) is 18.2 Å². The van der Waals surface area contributed by atoms with Crippen LogP contribution in [0.15, 0.2) is 0 Å². The zero-order valence-corrected chi connectivity index (χ0v) is 23.1. The summed E-state index contributed by atoms with van der Waals surface area (Å²) in [7, 11) is -0.110. The number of alkyl carbamates (subject to hydrolysis) is 1. The van der Waals surface area contributed by atoms with Crippen LogP contribution in [0.1, 0.15) is 27.7 Å². The summed E-state index contributed by atoms with van der Waals surface area (Å²) in [5.41, 5.74) is -0.644. The number of aliphatic hydroxyl groups excluding tert-OH is 2. The molecule has 0 spiro atoms. The Kier molecular flexibility index (Phi) is 11.9. The van der Waals surface area contributed by atoms with E-state index in [0.29, 0.717) is 0 Å². The first kappa shape index (κ1) is 32.3. The lowest BCUT2D eigenvalue weighted by molar-refractivity contribution is -1.04. The average molecular weight is 561 g/mol. The first-order chi connectivity index (χ1) is 16.3. The molecule has 1 aliphatic rings. The zero-order valence-electron chi connectivity index (χ0n) is 21.4. The first-order valence-corrected chi connectivity index (χ1v) is 12.8. The van der Waals surface area contributed by atoms with Crippen molar-refractivity contribution in [2.24, 2.45) is 0 Å². The molecule has 1 aliphatic heterocycles. The predicted molar refractivity (Wildman–Crippen MR) is 130 cm³/mol. The van der Waals surface area contributed by atoms with Gasteiger partial charge in [0.2, 0.25) is 5.91 Å². The van der Waals surface area contributed by atoms with Gasteiger partial charge in [-0.1, -0.05) is 0 Å². The number of nitrogens with one attached hydrogen (secondary N) is 4. The van der Waals surface area contributed by atoms with Crippen molar-refractivity contribution in [1.29, 1.82) is 0 Å². The molecule has 1 radical (unpaired) electrons. The van der Waals surface area contributed by atoms with Crippen LogP contribution in [-0.4, -0.2) is 109 Å². The maximum absolute atomic E-state index is 12.0. The number of carbonyl (C=O) groups excluding carboxylic acids is 2. The van der Waals surface area contributed by atoms with Gasteiger partial charge < -0.3 is 41.0 Å². The maximum atomic E-state index is 12.0. The molecule has 1 fully saturated rings. The molecular weight excluding hydrogens is 522 g/mol. The van der Waals surface area contributed by atoms with Crippen molar-refractivity contribution in [3.05, 3.63) is 0 Å². The molecule has 0 aromatic heterocycles. The second-order valence-corrected chi connectivity index (χ2v) is 11.4. The first-order valence-electron chi connectivity index (χ1n) is 11.0. The minimum absolute atomic E-state index is 0.0330. The Morgan fingerprint density at radius 3 is 2.19 bits per heavy atom. The zero-order chi connectivity index (χ0) is 27.9. The van der Waals surface area contributed by atoms with Crippen molar-refractivity contribution >= 4 is 40.1 Å². The number of rotatable bonds is 10. The van der Waals surface area contributed by atoms with Gasteiger partial charge in [0.05, 0.1) is 4.28 Å². The molecule has 1 rings (SSSR count). The molecule has 0 bridgehead atoms. The normalized spacial score (nSPS) is 26.3. The van der Waals surface area contributed by atoms with Gasteiger partial charge in [0.15, 0.2) is 11.3 Å². The Bertz CT molecular complexity index is 819. The average Bonchev–Trinajstić information content (AvgIpc) is 2.66. The van der Waals surface area contributed by atoms with Crippen LogP contribution in [0, 0.1) is 0 Å². The Labute approximate surface area is 217 Å². The van der Waals surface area contributed by atoms with E-state index in [0.717, 1.165) is 0 Å². The number of quaternary nitrogens is 1. The summed E-state index contributed by atoms with van der Waals surface area (Å²) in [6, 6.07) is -1.15. The molecule has 6 N–H and O–H groups in total. The standard InChI is InChI=1S/C19H37N5O10S2/c1-11(25)22-13-15(27)14(26)12(10-31-36(29,30)34-24(5,6)7)32-16(13)23-17(35)20-8-9-21-18(28)33-19(2,3)4/h12-16,26-27H,8-10H2,1-7H3,(H3-,20,21,22,23,25,28,35)/q+1/p+1/t12-,13-,14-,15-,16-/m1/s1. The molecule has 15 nitrogen and oxygen atoms in total. The second kappa shape index (κ2) is 13.2. The van der Waals surface area contributed by atoms with Crippen molar-refractivity contribution < 1.29 is 51.2 Å². The van der Waals surface area contributed by atoms with Gasteiger partial charge in [-0.3, -0.25) is 4.79 Å². The number of amides is 2. The second-order valence-electron chi connectivity index (χ2n) is 9.79. The topological polar surface area (TPSA) is 197 Å². The van der Waals surface area contributed by atoms with Gasteiger partial charge >= 0.3 is 16.9 Å². The maximum Gasteiger partial charge on any atom is 0.597 e. The van der Waals surface area contributed by atoms with Crippen LogP contribution < -0.4 is 21.3 Å². The van der Waals surface area contributed by atoms with Gasteiger partial charge in [0, 0.05) is 24.2 Å². The fourth-order valence-corrected chi connectivity index (χ4v) is 4.01. The van der Waals surface area contributed by atoms with E-state index in [2.05, 4.69) is 21.3 Å². The van der Waals surface area contributed by atoms with Gasteiger partial charge in [-0.15, -0.1) is 8.83 Å². The summed E-state index contributed by atoms with van der Waals surface area (Å²) in [5.74, 6) is -0.518. The molecule has 6 atom stereocenters. The van der Waals surface area contributed by atoms with Gasteiger partial charge in [-0.2, -0.15) is 0 Å². The number of thiocarbonyl (C=S) groups is 1. The van der Waals surface area contributed by atoms with Crippen LogP contribution >= 0.6 is 12.2 Å². The number of aliphatic hydroxyl groups is 2. The summed E-state index contributed by atoms with van der Waals surface area (Å²) in [6.45, 7) is 6.07. The van der Waals surface area contributed by atoms with Crippen molar-refractivity contribution in [1.82, 2.24) is 21.3 Å². The van der Waals surface area contributed by atoms with E-state index in [1.807, 2.05) is 0 Å². The molecule has 17 heteroatoms. The fourth-order valence-electron chi connectivity index (χ4n) is 2.90. The predicted octanol–water partition coefficient (Wildman–Crippen LogP) is -1.74. The molecule has 0 saturated carbocycles. The van der Waals surface area contributed by atoms with E-state index >= 15 is 0 Å². The lowest BCUT2D eigenvalue weighted by atomic mass is 9.96. The van der Waals surface area contributed by atoms with Crippen LogP contribution in [0.4, 0.5) is 4.79 Å². The molecule has 1 unspecified atom stereocenters. The third-order valence-corrected chi connectivity index (χ3v) is 5.48. The molecule has 209 valence electrons. The van der Waals surface area contributed by atoms with E-state index < -0.39 is 70.2 Å². The van der Waals surface area contributed by atoms with Crippen LogP contribution in [0.25, 0.3) is 0 Å². The Morgan fingerprint density at radius 2 is 1.67 bits per heavy atom. The Morgan fingerprint density at radius 1 is 1.08 bits per heavy atom. The third-order valence-electron chi connectivity index (χ3n) is 4.16. The summed E-state index contributed by atoms with van der Waals surface area (Å²) in [6.07, 6.45) is -6.29. The van der Waals surface area contributed by atoms with E-state index in [1.165, 1.54) is 28.1 Å². The largest absolute Gasteiger partial charge is 0.597 e. The monoisotopic (exact) mass is 560 g/mol. The van der Waals surface area contributed by atoms with Crippen LogP contribution in [-0.2, 0) is 42.3 Å². The van der Waals surface area contributed by atoms with E-state index in [1.54, 1.807) is 20.8 Å². The highest BCUT2D eigenvalue weighted by molar-refractivity contribution is 7.88. The summed E-state index contributed by atoms with van der Waals surface area (Å²) < 4.78 is 44.0. The molecule has 0 aliphatic carbocycles. The molecule has 1 saturated heterocycles. The highest BCUT2D eigenvalue weighted by Gasteiger charge is 2.49. The highest BCUT2D eigenvalue weighted by Crippen LogP contribution is 2.22. The van der Waals surface area contributed by atoms with Crippen molar-refractivity contribution in [3.63, 3.8) is 0 Å². The molecule has 1 heterocycles. The quantitative estimate of drug-likeness (QED) is 0.0581. The van der Waals surface area contributed by atoms with Crippen molar-refractivity contribution in [2.75, 3.05) is 40.8 Å². The SMILES string of the molecule is CC(=O)N[C@@H]1[C@@H](O)[C@H](O)[C@@H](CO[S+]([O])(=O)O[N+](C)(C)C)O[C@H]1NC(=S)NCCNC(=O)OC(C)(C)C. The summed E-state index contributed by atoms with van der Waals surface area (Å²) >= 11 is 5.21. The van der Waals surface area contributed by atoms with E-state index in [9.17, 15) is 28.6 Å². The summed E-state index contributed by atoms with van der Waals surface area (Å²) in [5, 5.41) is 31.6. The smallest absolute Gasteiger partial charge is 0.444 e. The third kappa shape index (κ3) is 12.5. The molecule has 2 amide bonds. The lowest BCUT2D eigenvalue weighted by Gasteiger charge is -2.42. The molecular formula is C19H38N5O10S2+2. The van der Waals surface area contributed by atoms with Crippen LogP contribution in [0.3, 0.4) is 0 Å². The molecule has 0 aromatic carbocycles. The Balaban J connectivity index is 2.75. The van der Waals surface area contributed by atoms with Crippen molar-refractivity contribution in [2.45, 2.75) is 63.9 Å².